The molecule has 0 bridgehead atoms. The van der Waals surface area contributed by atoms with Gasteiger partial charge in [-0.15, -0.1) is 11.6 Å². The quantitative estimate of drug-likeness (QED) is 0.706. The fraction of sp³-hybridized carbons (Fsp3) is 0.643. The Labute approximate surface area is 120 Å². The highest BCUT2D eigenvalue weighted by Crippen LogP contribution is 2.20. The van der Waals surface area contributed by atoms with Crippen LogP contribution in [0.4, 0.5) is 5.82 Å². The van der Waals surface area contributed by atoms with Crippen LogP contribution in [0, 0.1) is 0 Å². The van der Waals surface area contributed by atoms with E-state index in [1.807, 2.05) is 11.8 Å². The predicted molar refractivity (Wildman–Crippen MR) is 84.0 cm³/mol. The zero-order valence-corrected chi connectivity index (χ0v) is 13.3. The Bertz CT molecular complexity index is 349. The standard InChI is InChI=1S/C14H23ClN2S/c1-5-12-7-11(9-15)8-14(16-12)17(3)13(6-2)10-18-4/h7-8,13H,5-6,9-10H2,1-4H3. The number of thioether (sulfide) groups is 1. The van der Waals surface area contributed by atoms with Crippen LogP contribution >= 0.6 is 23.4 Å². The number of anilines is 1. The fourth-order valence-corrected chi connectivity index (χ4v) is 2.95. The van der Waals surface area contributed by atoms with Crippen molar-refractivity contribution in [2.75, 3.05) is 24.0 Å². The lowest BCUT2D eigenvalue weighted by atomic mass is 10.2. The Morgan fingerprint density at radius 2 is 2.11 bits per heavy atom. The third-order valence-electron chi connectivity index (χ3n) is 3.18. The first-order chi connectivity index (χ1) is 8.65. The summed E-state index contributed by atoms with van der Waals surface area (Å²) in [4.78, 5) is 6.99. The van der Waals surface area contributed by atoms with Gasteiger partial charge in [0, 0.05) is 30.4 Å². The molecular weight excluding hydrogens is 264 g/mol. The van der Waals surface area contributed by atoms with Crippen molar-refractivity contribution in [2.45, 2.75) is 38.6 Å². The van der Waals surface area contributed by atoms with Gasteiger partial charge in [-0.05, 0) is 36.8 Å². The number of hydrogen-bond donors (Lipinski definition) is 0. The number of pyridine rings is 1. The van der Waals surface area contributed by atoms with Crippen LogP contribution in [0.25, 0.3) is 0 Å². The summed E-state index contributed by atoms with van der Waals surface area (Å²) in [6, 6.07) is 4.73. The average molecular weight is 287 g/mol. The van der Waals surface area contributed by atoms with Gasteiger partial charge >= 0.3 is 0 Å². The molecule has 1 heterocycles. The van der Waals surface area contributed by atoms with Gasteiger partial charge in [0.2, 0.25) is 0 Å². The maximum absolute atomic E-state index is 5.96. The summed E-state index contributed by atoms with van der Waals surface area (Å²) in [5.74, 6) is 2.72. The van der Waals surface area contributed by atoms with E-state index in [4.69, 9.17) is 16.6 Å². The SMILES string of the molecule is CCc1cc(CCl)cc(N(C)C(CC)CSC)n1. The van der Waals surface area contributed by atoms with Crippen LogP contribution in [0.5, 0.6) is 0 Å². The number of rotatable bonds is 7. The van der Waals surface area contributed by atoms with Crippen molar-refractivity contribution in [3.05, 3.63) is 23.4 Å². The molecule has 0 amide bonds. The smallest absolute Gasteiger partial charge is 0.129 e. The molecule has 2 nitrogen and oxygen atoms in total. The Morgan fingerprint density at radius 1 is 1.39 bits per heavy atom. The number of halogens is 1. The van der Waals surface area contributed by atoms with E-state index in [1.54, 1.807) is 0 Å². The predicted octanol–water partition coefficient (Wildman–Crippen LogP) is 3.96. The van der Waals surface area contributed by atoms with Gasteiger partial charge in [0.25, 0.3) is 0 Å². The third-order valence-corrected chi connectivity index (χ3v) is 4.21. The molecule has 1 aromatic rings. The van der Waals surface area contributed by atoms with Gasteiger partial charge < -0.3 is 4.90 Å². The summed E-state index contributed by atoms with van der Waals surface area (Å²) < 4.78 is 0. The van der Waals surface area contributed by atoms with E-state index in [0.29, 0.717) is 11.9 Å². The van der Waals surface area contributed by atoms with Crippen molar-refractivity contribution in [1.29, 1.82) is 0 Å². The average Bonchev–Trinajstić information content (AvgIpc) is 2.43. The molecule has 0 spiro atoms. The largest absolute Gasteiger partial charge is 0.356 e. The minimum Gasteiger partial charge on any atom is -0.356 e. The lowest BCUT2D eigenvalue weighted by molar-refractivity contribution is 0.664. The second-order valence-corrected chi connectivity index (χ2v) is 5.62. The molecule has 1 rings (SSSR count). The molecule has 4 heteroatoms. The third kappa shape index (κ3) is 4.06. The summed E-state index contributed by atoms with van der Waals surface area (Å²) >= 11 is 7.84. The lowest BCUT2D eigenvalue weighted by Crippen LogP contribution is -2.34. The van der Waals surface area contributed by atoms with Gasteiger partial charge in [-0.25, -0.2) is 4.98 Å². The maximum Gasteiger partial charge on any atom is 0.129 e. The van der Waals surface area contributed by atoms with Crippen molar-refractivity contribution >= 4 is 29.2 Å². The van der Waals surface area contributed by atoms with Gasteiger partial charge in [0.1, 0.15) is 5.82 Å². The fourth-order valence-electron chi connectivity index (χ4n) is 1.96. The van der Waals surface area contributed by atoms with Crippen LogP contribution in [0.2, 0.25) is 0 Å². The Hall–Kier alpha value is -0.410. The summed E-state index contributed by atoms with van der Waals surface area (Å²) in [5, 5.41) is 0. The molecule has 0 radical (unpaired) electrons. The first-order valence-corrected chi connectivity index (χ1v) is 8.36. The summed E-state index contributed by atoms with van der Waals surface area (Å²) in [6.45, 7) is 4.35. The zero-order valence-electron chi connectivity index (χ0n) is 11.7. The number of aryl methyl sites for hydroxylation is 1. The second-order valence-electron chi connectivity index (χ2n) is 4.44. The van der Waals surface area contributed by atoms with Crippen molar-refractivity contribution < 1.29 is 0 Å². The second kappa shape index (κ2) is 7.90. The van der Waals surface area contributed by atoms with E-state index in [2.05, 4.69) is 44.2 Å². The monoisotopic (exact) mass is 286 g/mol. The Balaban J connectivity index is 2.98. The van der Waals surface area contributed by atoms with Crippen LogP contribution in [-0.2, 0) is 12.3 Å². The minimum atomic E-state index is 0.530. The maximum atomic E-state index is 5.96. The van der Waals surface area contributed by atoms with Gasteiger partial charge in [0.15, 0.2) is 0 Å². The first kappa shape index (κ1) is 15.6. The molecular formula is C14H23ClN2S. The molecule has 1 unspecified atom stereocenters. The summed E-state index contributed by atoms with van der Waals surface area (Å²) in [6.07, 6.45) is 4.23. The van der Waals surface area contributed by atoms with Gasteiger partial charge in [-0.2, -0.15) is 11.8 Å². The van der Waals surface area contributed by atoms with Gasteiger partial charge in [-0.3, -0.25) is 0 Å². The topological polar surface area (TPSA) is 16.1 Å². The molecule has 0 saturated carbocycles. The van der Waals surface area contributed by atoms with Gasteiger partial charge in [-0.1, -0.05) is 13.8 Å². The van der Waals surface area contributed by atoms with Crippen LogP contribution in [-0.4, -0.2) is 30.1 Å². The normalized spacial score (nSPS) is 12.5. The molecule has 0 N–H and O–H groups in total. The van der Waals surface area contributed by atoms with E-state index in [1.165, 1.54) is 0 Å². The van der Waals surface area contributed by atoms with Crippen LogP contribution in [0.15, 0.2) is 12.1 Å². The minimum absolute atomic E-state index is 0.530. The van der Waals surface area contributed by atoms with E-state index >= 15 is 0 Å². The molecule has 0 saturated heterocycles. The number of hydrogen-bond acceptors (Lipinski definition) is 3. The highest BCUT2D eigenvalue weighted by molar-refractivity contribution is 7.98. The Kier molecular flexibility index (Phi) is 6.87. The van der Waals surface area contributed by atoms with E-state index in [-0.39, 0.29) is 0 Å². The lowest BCUT2D eigenvalue weighted by Gasteiger charge is -2.28. The van der Waals surface area contributed by atoms with E-state index in [9.17, 15) is 0 Å². The van der Waals surface area contributed by atoms with Gasteiger partial charge in [0.05, 0.1) is 0 Å². The van der Waals surface area contributed by atoms with Crippen LogP contribution < -0.4 is 4.90 Å². The molecule has 102 valence electrons. The van der Waals surface area contributed by atoms with Crippen LogP contribution in [0.1, 0.15) is 31.5 Å². The molecule has 0 aromatic carbocycles. The van der Waals surface area contributed by atoms with Crippen molar-refractivity contribution in [1.82, 2.24) is 4.98 Å². The van der Waals surface area contributed by atoms with E-state index < -0.39 is 0 Å². The molecule has 0 aliphatic heterocycles. The highest BCUT2D eigenvalue weighted by atomic mass is 35.5. The molecule has 1 aromatic heterocycles. The summed E-state index contributed by atoms with van der Waals surface area (Å²) in [5.41, 5.74) is 2.28. The highest BCUT2D eigenvalue weighted by Gasteiger charge is 2.15. The molecule has 18 heavy (non-hydrogen) atoms. The molecule has 0 aliphatic carbocycles. The van der Waals surface area contributed by atoms with Crippen molar-refractivity contribution in [3.8, 4) is 0 Å². The molecule has 0 fully saturated rings. The van der Waals surface area contributed by atoms with Crippen molar-refractivity contribution in [3.63, 3.8) is 0 Å². The molecule has 1 atom stereocenters. The molecule has 0 aliphatic rings. The number of aromatic nitrogens is 1. The Morgan fingerprint density at radius 3 is 2.61 bits per heavy atom. The first-order valence-electron chi connectivity index (χ1n) is 6.43. The number of nitrogens with zero attached hydrogens (tertiary/aromatic N) is 2. The summed E-state index contributed by atoms with van der Waals surface area (Å²) in [7, 11) is 2.13. The number of alkyl halides is 1. The zero-order chi connectivity index (χ0) is 13.5. The van der Waals surface area contributed by atoms with Crippen molar-refractivity contribution in [2.24, 2.45) is 0 Å². The van der Waals surface area contributed by atoms with E-state index in [0.717, 1.165) is 35.7 Å². The van der Waals surface area contributed by atoms with Crippen LogP contribution in [0.3, 0.4) is 0 Å².